The van der Waals surface area contributed by atoms with Gasteiger partial charge in [0.15, 0.2) is 23.9 Å². The number of ether oxygens (including phenoxy) is 2. The molecule has 1 fully saturated rings. The van der Waals surface area contributed by atoms with Gasteiger partial charge in [0.05, 0.1) is 13.2 Å². The first-order chi connectivity index (χ1) is 10.9. The maximum absolute atomic E-state index is 12.0. The summed E-state index contributed by atoms with van der Waals surface area (Å²) in [4.78, 5) is 23.4. The van der Waals surface area contributed by atoms with E-state index in [0.29, 0.717) is 17.1 Å². The predicted molar refractivity (Wildman–Crippen MR) is 83.4 cm³/mol. The maximum Gasteiger partial charge on any atom is 0.259 e. The van der Waals surface area contributed by atoms with E-state index in [-0.39, 0.29) is 24.2 Å². The van der Waals surface area contributed by atoms with Crippen LogP contribution in [0.5, 0.6) is 11.5 Å². The molecule has 2 rings (SSSR count). The van der Waals surface area contributed by atoms with Gasteiger partial charge in [-0.25, -0.2) is 0 Å². The van der Waals surface area contributed by atoms with Gasteiger partial charge in [0, 0.05) is 5.56 Å². The summed E-state index contributed by atoms with van der Waals surface area (Å²) in [6, 6.07) is 6.93. The summed E-state index contributed by atoms with van der Waals surface area (Å²) in [6.45, 7) is 2.97. The zero-order chi connectivity index (χ0) is 17.0. The van der Waals surface area contributed by atoms with Crippen molar-refractivity contribution < 1.29 is 19.1 Å². The van der Waals surface area contributed by atoms with E-state index in [4.69, 9.17) is 9.47 Å². The Balaban J connectivity index is 1.99. The summed E-state index contributed by atoms with van der Waals surface area (Å²) in [5.74, 6) is 0.523. The van der Waals surface area contributed by atoms with Crippen molar-refractivity contribution in [2.24, 2.45) is 5.92 Å². The molecule has 0 saturated heterocycles. The molecule has 0 unspecified atom stereocenters. The molecule has 1 aliphatic rings. The summed E-state index contributed by atoms with van der Waals surface area (Å²) >= 11 is 0. The van der Waals surface area contributed by atoms with Gasteiger partial charge in [-0.15, -0.1) is 0 Å². The van der Waals surface area contributed by atoms with Crippen LogP contribution in [0.3, 0.4) is 0 Å². The largest absolute Gasteiger partial charge is 0.493 e. The van der Waals surface area contributed by atoms with Crippen molar-refractivity contribution in [1.82, 2.24) is 5.32 Å². The number of nitrogens with zero attached hydrogens (tertiary/aromatic N) is 1. The van der Waals surface area contributed by atoms with Crippen molar-refractivity contribution in [1.29, 1.82) is 5.26 Å². The lowest BCUT2D eigenvalue weighted by molar-refractivity contribution is -0.124. The molecule has 0 heterocycles. The van der Waals surface area contributed by atoms with Gasteiger partial charge in [-0.2, -0.15) is 5.26 Å². The second-order valence-electron chi connectivity index (χ2n) is 5.85. The minimum absolute atomic E-state index is 0.0817. The van der Waals surface area contributed by atoms with Crippen LogP contribution in [-0.2, 0) is 4.79 Å². The fraction of sp³-hybridized carbons (Fsp3) is 0.471. The van der Waals surface area contributed by atoms with Crippen LogP contribution in [0.4, 0.5) is 0 Å². The highest BCUT2D eigenvalue weighted by Gasteiger charge is 2.43. The number of nitrogens with one attached hydrogen (secondary N) is 1. The molecule has 23 heavy (non-hydrogen) atoms. The molecule has 1 atom stereocenters. The quantitative estimate of drug-likeness (QED) is 0.778. The normalized spacial score (nSPS) is 15.9. The molecule has 1 amide bonds. The minimum Gasteiger partial charge on any atom is -0.493 e. The molecule has 0 spiro atoms. The Morgan fingerprint density at radius 3 is 2.61 bits per heavy atom. The average Bonchev–Trinajstić information content (AvgIpc) is 3.37. The zero-order valence-corrected chi connectivity index (χ0v) is 13.5. The first-order valence-corrected chi connectivity index (χ1v) is 7.43. The number of carbonyl (C=O) groups is 2. The summed E-state index contributed by atoms with van der Waals surface area (Å²) < 4.78 is 10.6. The highest BCUT2D eigenvalue weighted by Crippen LogP contribution is 2.39. The highest BCUT2D eigenvalue weighted by molar-refractivity contribution is 5.94. The van der Waals surface area contributed by atoms with Gasteiger partial charge in [0.25, 0.3) is 5.91 Å². The van der Waals surface area contributed by atoms with Crippen molar-refractivity contribution in [2.75, 3.05) is 13.7 Å². The van der Waals surface area contributed by atoms with E-state index < -0.39 is 5.54 Å². The minimum atomic E-state index is -0.844. The number of hydrogen-bond donors (Lipinski definition) is 1. The van der Waals surface area contributed by atoms with Gasteiger partial charge in [-0.3, -0.25) is 9.59 Å². The predicted octanol–water partition coefficient (Wildman–Crippen LogP) is 2.09. The topological polar surface area (TPSA) is 88.4 Å². The van der Waals surface area contributed by atoms with Gasteiger partial charge >= 0.3 is 0 Å². The van der Waals surface area contributed by atoms with Crippen LogP contribution >= 0.6 is 0 Å². The van der Waals surface area contributed by atoms with Crippen LogP contribution < -0.4 is 14.8 Å². The SMILES string of the molecule is COc1cc(C(C)=O)ccc1OCC(=O)N[C@@](C)(C#N)C1CC1. The number of hydrogen-bond acceptors (Lipinski definition) is 5. The number of carbonyl (C=O) groups excluding carboxylic acids is 2. The van der Waals surface area contributed by atoms with Gasteiger partial charge in [0.2, 0.25) is 0 Å². The van der Waals surface area contributed by atoms with Crippen LogP contribution in [0, 0.1) is 17.2 Å². The fourth-order valence-corrected chi connectivity index (χ4v) is 2.36. The van der Waals surface area contributed by atoms with Gasteiger partial charge in [-0.1, -0.05) is 0 Å². The first-order valence-electron chi connectivity index (χ1n) is 7.43. The zero-order valence-electron chi connectivity index (χ0n) is 13.5. The molecule has 1 N–H and O–H groups in total. The third-order valence-electron chi connectivity index (χ3n) is 3.95. The van der Waals surface area contributed by atoms with E-state index in [1.807, 2.05) is 0 Å². The van der Waals surface area contributed by atoms with E-state index >= 15 is 0 Å². The molecule has 1 aromatic rings. The van der Waals surface area contributed by atoms with Crippen LogP contribution in [0.25, 0.3) is 0 Å². The third kappa shape index (κ3) is 4.01. The molecule has 0 aromatic heterocycles. The smallest absolute Gasteiger partial charge is 0.259 e. The maximum atomic E-state index is 12.0. The fourth-order valence-electron chi connectivity index (χ4n) is 2.36. The van der Waals surface area contributed by atoms with Crippen LogP contribution in [0.1, 0.15) is 37.0 Å². The van der Waals surface area contributed by atoms with E-state index in [0.717, 1.165) is 12.8 Å². The number of amides is 1. The summed E-state index contributed by atoms with van der Waals surface area (Å²) in [5, 5.41) is 12.0. The molecule has 0 bridgehead atoms. The average molecular weight is 316 g/mol. The number of methoxy groups -OCH3 is 1. The van der Waals surface area contributed by atoms with Crippen molar-refractivity contribution in [3.05, 3.63) is 23.8 Å². The third-order valence-corrected chi connectivity index (χ3v) is 3.95. The summed E-state index contributed by atoms with van der Waals surface area (Å²) in [6.07, 6.45) is 1.90. The van der Waals surface area contributed by atoms with E-state index in [2.05, 4.69) is 11.4 Å². The molecule has 1 aromatic carbocycles. The molecule has 1 saturated carbocycles. The molecule has 122 valence electrons. The number of benzene rings is 1. The Morgan fingerprint density at radius 2 is 2.09 bits per heavy atom. The Kier molecular flexibility index (Phi) is 4.89. The van der Waals surface area contributed by atoms with Crippen LogP contribution in [0.2, 0.25) is 0 Å². The van der Waals surface area contributed by atoms with E-state index in [9.17, 15) is 14.9 Å². The Bertz CT molecular complexity index is 661. The number of nitriles is 1. The van der Waals surface area contributed by atoms with Gasteiger partial charge in [0.1, 0.15) is 5.54 Å². The van der Waals surface area contributed by atoms with E-state index in [1.165, 1.54) is 14.0 Å². The molecule has 6 nitrogen and oxygen atoms in total. The molecule has 0 radical (unpaired) electrons. The summed E-state index contributed by atoms with van der Waals surface area (Å²) in [7, 11) is 1.46. The van der Waals surface area contributed by atoms with Crippen LogP contribution in [-0.4, -0.2) is 30.9 Å². The molecule has 0 aliphatic heterocycles. The van der Waals surface area contributed by atoms with Crippen molar-refractivity contribution >= 4 is 11.7 Å². The Morgan fingerprint density at radius 1 is 1.39 bits per heavy atom. The molecule has 1 aliphatic carbocycles. The standard InChI is InChI=1S/C17H20N2O4/c1-11(20)12-4-7-14(15(8-12)22-3)23-9-16(21)19-17(2,10-18)13-5-6-13/h4,7-8,13H,5-6,9H2,1-3H3,(H,19,21)/t17-/m0/s1. The molecular formula is C17H20N2O4. The number of Topliss-reactive ketones (excluding diaryl/α,β-unsaturated/α-hetero) is 1. The highest BCUT2D eigenvalue weighted by atomic mass is 16.5. The van der Waals surface area contributed by atoms with Crippen molar-refractivity contribution in [2.45, 2.75) is 32.2 Å². The molecular weight excluding hydrogens is 296 g/mol. The summed E-state index contributed by atoms with van der Waals surface area (Å²) in [5.41, 5.74) is -0.340. The number of ketones is 1. The lowest BCUT2D eigenvalue weighted by Crippen LogP contribution is -2.48. The first kappa shape index (κ1) is 16.8. The lowest BCUT2D eigenvalue weighted by atomic mass is 9.98. The van der Waals surface area contributed by atoms with E-state index in [1.54, 1.807) is 25.1 Å². The van der Waals surface area contributed by atoms with Gasteiger partial charge in [-0.05, 0) is 50.8 Å². The Hall–Kier alpha value is -2.55. The number of rotatable bonds is 7. The second-order valence-corrected chi connectivity index (χ2v) is 5.85. The van der Waals surface area contributed by atoms with Crippen LogP contribution in [0.15, 0.2) is 18.2 Å². The van der Waals surface area contributed by atoms with Gasteiger partial charge < -0.3 is 14.8 Å². The molecule has 6 heteroatoms. The lowest BCUT2D eigenvalue weighted by Gasteiger charge is -2.23. The Labute approximate surface area is 135 Å². The van der Waals surface area contributed by atoms with Crippen molar-refractivity contribution in [3.63, 3.8) is 0 Å². The monoisotopic (exact) mass is 316 g/mol. The van der Waals surface area contributed by atoms with Crippen molar-refractivity contribution in [3.8, 4) is 17.6 Å². The second kappa shape index (κ2) is 6.69.